The van der Waals surface area contributed by atoms with Crippen LogP contribution in [-0.4, -0.2) is 44.9 Å². The van der Waals surface area contributed by atoms with Crippen molar-refractivity contribution in [2.24, 2.45) is 17.6 Å². The lowest BCUT2D eigenvalue weighted by Gasteiger charge is -2.19. The predicted octanol–water partition coefficient (Wildman–Crippen LogP) is 1.91. The summed E-state index contributed by atoms with van der Waals surface area (Å²) in [5.74, 6) is -0.0108. The Kier molecular flexibility index (Phi) is 5.82. The molecule has 1 saturated carbocycles. The van der Waals surface area contributed by atoms with Crippen molar-refractivity contribution < 1.29 is 17.9 Å². The predicted molar refractivity (Wildman–Crippen MR) is 93.0 cm³/mol. The first-order valence-corrected chi connectivity index (χ1v) is 9.30. The van der Waals surface area contributed by atoms with Crippen molar-refractivity contribution >= 4 is 40.0 Å². The molecule has 1 aliphatic carbocycles. The highest BCUT2D eigenvalue weighted by Crippen LogP contribution is 2.40. The number of hydrogen-bond donors (Lipinski definition) is 1. The molecule has 1 heterocycles. The number of esters is 1. The van der Waals surface area contributed by atoms with Crippen LogP contribution in [0.5, 0.6) is 0 Å². The smallest absolute Gasteiger partial charge is 0.337 e. The van der Waals surface area contributed by atoms with E-state index in [-0.39, 0.29) is 39.8 Å². The first-order chi connectivity index (χ1) is 10.8. The van der Waals surface area contributed by atoms with E-state index in [4.69, 9.17) is 17.3 Å². The second-order valence-corrected chi connectivity index (χ2v) is 8.44. The maximum Gasteiger partial charge on any atom is 0.337 e. The van der Waals surface area contributed by atoms with Gasteiger partial charge in [0.25, 0.3) is 0 Å². The first kappa shape index (κ1) is 19.5. The summed E-state index contributed by atoms with van der Waals surface area (Å²) in [6, 6.07) is 4.16. The third-order valence-corrected chi connectivity index (χ3v) is 7.16. The number of hydrogen-bond acceptors (Lipinski definition) is 5. The van der Waals surface area contributed by atoms with E-state index in [9.17, 15) is 13.2 Å². The van der Waals surface area contributed by atoms with Gasteiger partial charge >= 0.3 is 5.97 Å². The minimum atomic E-state index is -3.69. The molecule has 6 nitrogen and oxygen atoms in total. The van der Waals surface area contributed by atoms with Crippen LogP contribution in [0.4, 0.5) is 0 Å². The number of halogens is 2. The van der Waals surface area contributed by atoms with Gasteiger partial charge in [0.2, 0.25) is 10.0 Å². The van der Waals surface area contributed by atoms with E-state index in [1.54, 1.807) is 0 Å². The summed E-state index contributed by atoms with van der Waals surface area (Å²) >= 11 is 6.10. The quantitative estimate of drug-likeness (QED) is 0.790. The van der Waals surface area contributed by atoms with Gasteiger partial charge in [-0.25, -0.2) is 13.2 Å². The second-order valence-electron chi connectivity index (χ2n) is 6.12. The molecule has 0 aromatic heterocycles. The van der Waals surface area contributed by atoms with Crippen molar-refractivity contribution in [3.63, 3.8) is 0 Å². The second kappa shape index (κ2) is 7.17. The number of benzene rings is 1. The molecule has 1 aromatic rings. The number of rotatable bonds is 3. The van der Waals surface area contributed by atoms with Crippen molar-refractivity contribution in [2.75, 3.05) is 20.2 Å². The average molecular weight is 395 g/mol. The minimum Gasteiger partial charge on any atom is -0.465 e. The van der Waals surface area contributed by atoms with Gasteiger partial charge in [0.1, 0.15) is 4.90 Å². The summed E-state index contributed by atoms with van der Waals surface area (Å²) < 4.78 is 31.7. The zero-order valence-corrected chi connectivity index (χ0v) is 15.5. The summed E-state index contributed by atoms with van der Waals surface area (Å²) in [6.07, 6.45) is 1.92. The third-order valence-electron chi connectivity index (χ3n) is 4.85. The Balaban J connectivity index is 0.00000208. The Morgan fingerprint density at radius 1 is 1.33 bits per heavy atom. The number of fused-ring (bicyclic) bond motifs is 1. The van der Waals surface area contributed by atoms with Crippen LogP contribution in [0, 0.1) is 11.8 Å². The van der Waals surface area contributed by atoms with Crippen molar-refractivity contribution in [3.05, 3.63) is 28.8 Å². The molecule has 1 aromatic carbocycles. The number of nitrogens with two attached hydrogens (primary N) is 1. The average Bonchev–Trinajstić information content (AvgIpc) is 3.09. The van der Waals surface area contributed by atoms with E-state index >= 15 is 0 Å². The van der Waals surface area contributed by atoms with Crippen molar-refractivity contribution in [1.82, 2.24) is 4.31 Å². The standard InChI is InChI=1S/C15H19ClN2O4S.ClH/c1-22-15(19)9-3-5-14(12(16)6-9)23(20,21)18-7-10-2-4-13(17)11(10)8-18;/h3,5-6,10-11,13H,2,4,7-8,17H2,1H3;1H. The van der Waals surface area contributed by atoms with Crippen LogP contribution in [0.15, 0.2) is 23.1 Å². The highest BCUT2D eigenvalue weighted by atomic mass is 35.5. The summed E-state index contributed by atoms with van der Waals surface area (Å²) in [6.45, 7) is 0.916. The zero-order valence-electron chi connectivity index (χ0n) is 13.1. The summed E-state index contributed by atoms with van der Waals surface area (Å²) in [5, 5.41) is 0.0225. The van der Waals surface area contributed by atoms with Gasteiger partial charge in [0.05, 0.1) is 17.7 Å². The molecule has 3 rings (SSSR count). The van der Waals surface area contributed by atoms with Gasteiger partial charge in [-0.05, 0) is 42.9 Å². The van der Waals surface area contributed by atoms with Crippen LogP contribution in [-0.2, 0) is 14.8 Å². The van der Waals surface area contributed by atoms with Crippen LogP contribution in [0.25, 0.3) is 0 Å². The van der Waals surface area contributed by atoms with Gasteiger partial charge < -0.3 is 10.5 Å². The molecule has 2 N–H and O–H groups in total. The largest absolute Gasteiger partial charge is 0.465 e. The normalized spacial score (nSPS) is 26.7. The molecule has 24 heavy (non-hydrogen) atoms. The van der Waals surface area contributed by atoms with Gasteiger partial charge in [-0.2, -0.15) is 4.31 Å². The number of carbonyl (C=O) groups excluding carboxylic acids is 1. The molecule has 3 unspecified atom stereocenters. The highest BCUT2D eigenvalue weighted by Gasteiger charge is 2.45. The molecule has 1 aliphatic heterocycles. The molecule has 0 radical (unpaired) electrons. The van der Waals surface area contributed by atoms with E-state index in [1.165, 1.54) is 29.6 Å². The summed E-state index contributed by atoms with van der Waals surface area (Å²) in [5.41, 5.74) is 6.28. The number of ether oxygens (including phenoxy) is 1. The SMILES string of the molecule is COC(=O)c1ccc(S(=O)(=O)N2CC3CCC(N)C3C2)c(Cl)c1.Cl. The van der Waals surface area contributed by atoms with Crippen molar-refractivity contribution in [3.8, 4) is 0 Å². The van der Waals surface area contributed by atoms with E-state index in [1.807, 2.05) is 0 Å². The molecule has 2 aliphatic rings. The number of methoxy groups -OCH3 is 1. The molecule has 1 saturated heterocycles. The van der Waals surface area contributed by atoms with E-state index < -0.39 is 16.0 Å². The molecular weight excluding hydrogens is 375 g/mol. The van der Waals surface area contributed by atoms with Gasteiger partial charge in [-0.3, -0.25) is 0 Å². The molecule has 0 spiro atoms. The Morgan fingerprint density at radius 3 is 2.62 bits per heavy atom. The Hall–Kier alpha value is -0.860. The third kappa shape index (κ3) is 3.28. The first-order valence-electron chi connectivity index (χ1n) is 7.48. The fourth-order valence-corrected chi connectivity index (χ4v) is 5.61. The van der Waals surface area contributed by atoms with E-state index in [0.717, 1.165) is 12.8 Å². The summed E-state index contributed by atoms with van der Waals surface area (Å²) in [7, 11) is -2.43. The maximum atomic E-state index is 12.8. The van der Waals surface area contributed by atoms with Gasteiger partial charge in [-0.1, -0.05) is 11.6 Å². The Labute approximate surface area is 152 Å². The number of sulfonamides is 1. The monoisotopic (exact) mass is 394 g/mol. The highest BCUT2D eigenvalue weighted by molar-refractivity contribution is 7.89. The van der Waals surface area contributed by atoms with E-state index in [2.05, 4.69) is 4.74 Å². The van der Waals surface area contributed by atoms with Gasteiger partial charge in [0.15, 0.2) is 0 Å². The number of nitrogens with zero attached hydrogens (tertiary/aromatic N) is 1. The molecule has 2 fully saturated rings. The lowest BCUT2D eigenvalue weighted by Crippen LogP contribution is -2.33. The fraction of sp³-hybridized carbons (Fsp3) is 0.533. The van der Waals surface area contributed by atoms with Crippen LogP contribution in [0.1, 0.15) is 23.2 Å². The Bertz CT molecular complexity index is 741. The maximum absolute atomic E-state index is 12.8. The number of carbonyl (C=O) groups is 1. The minimum absolute atomic E-state index is 0. The van der Waals surface area contributed by atoms with Gasteiger partial charge in [0, 0.05) is 19.1 Å². The van der Waals surface area contributed by atoms with Crippen LogP contribution >= 0.6 is 24.0 Å². The molecule has 9 heteroatoms. The molecular formula is C15H20Cl2N2O4S. The Morgan fingerprint density at radius 2 is 2.04 bits per heavy atom. The van der Waals surface area contributed by atoms with Crippen LogP contribution in [0.2, 0.25) is 5.02 Å². The molecule has 0 amide bonds. The van der Waals surface area contributed by atoms with Crippen LogP contribution in [0.3, 0.4) is 0 Å². The lowest BCUT2D eigenvalue weighted by molar-refractivity contribution is 0.0600. The topological polar surface area (TPSA) is 89.7 Å². The molecule has 134 valence electrons. The van der Waals surface area contributed by atoms with Gasteiger partial charge in [-0.15, -0.1) is 12.4 Å². The van der Waals surface area contributed by atoms with Crippen molar-refractivity contribution in [2.45, 2.75) is 23.8 Å². The lowest BCUT2D eigenvalue weighted by atomic mass is 9.98. The van der Waals surface area contributed by atoms with Crippen LogP contribution < -0.4 is 5.73 Å². The van der Waals surface area contributed by atoms with Crippen molar-refractivity contribution in [1.29, 1.82) is 0 Å². The van der Waals surface area contributed by atoms with E-state index in [0.29, 0.717) is 19.0 Å². The molecule has 0 bridgehead atoms. The summed E-state index contributed by atoms with van der Waals surface area (Å²) in [4.78, 5) is 11.5. The molecule has 3 atom stereocenters. The fourth-order valence-electron chi connectivity index (χ4n) is 3.56. The zero-order chi connectivity index (χ0) is 16.8.